The van der Waals surface area contributed by atoms with E-state index in [-0.39, 0.29) is 29.8 Å². The lowest BCUT2D eigenvalue weighted by Gasteiger charge is -2.36. The van der Waals surface area contributed by atoms with Gasteiger partial charge in [-0.3, -0.25) is 4.79 Å². The molecule has 1 unspecified atom stereocenters. The van der Waals surface area contributed by atoms with Crippen LogP contribution in [0.3, 0.4) is 0 Å². The third-order valence-electron chi connectivity index (χ3n) is 4.88. The largest absolute Gasteiger partial charge is 0.497 e. The van der Waals surface area contributed by atoms with Gasteiger partial charge in [0.25, 0.3) is 0 Å². The van der Waals surface area contributed by atoms with Crippen molar-refractivity contribution in [2.75, 3.05) is 13.7 Å². The molecule has 1 fully saturated rings. The molecule has 0 aliphatic heterocycles. The average Bonchev–Trinajstić information content (AvgIpc) is 2.55. The Hall–Kier alpha value is -1.26. The summed E-state index contributed by atoms with van der Waals surface area (Å²) in [6, 6.07) is 7.81. The molecule has 1 aromatic rings. The van der Waals surface area contributed by atoms with Gasteiger partial charge in [0.1, 0.15) is 5.75 Å². The van der Waals surface area contributed by atoms with Crippen molar-refractivity contribution in [2.45, 2.75) is 51.5 Å². The summed E-state index contributed by atoms with van der Waals surface area (Å²) in [7, 11) is 1.65. The number of amides is 1. The van der Waals surface area contributed by atoms with Crippen LogP contribution < -0.4 is 15.8 Å². The van der Waals surface area contributed by atoms with Crippen LogP contribution in [0, 0.1) is 5.41 Å². The Balaban J connectivity index is 0.00000264. The van der Waals surface area contributed by atoms with Gasteiger partial charge in [-0.25, -0.2) is 0 Å². The highest BCUT2D eigenvalue weighted by atomic mass is 35.5. The first-order valence-corrected chi connectivity index (χ1v) is 8.22. The van der Waals surface area contributed by atoms with Crippen LogP contribution in [0.5, 0.6) is 5.75 Å². The monoisotopic (exact) mass is 340 g/mol. The van der Waals surface area contributed by atoms with Crippen LogP contribution >= 0.6 is 12.4 Å². The Labute approximate surface area is 145 Å². The summed E-state index contributed by atoms with van der Waals surface area (Å²) in [6.07, 6.45) is 6.36. The van der Waals surface area contributed by atoms with E-state index in [9.17, 15) is 4.79 Å². The number of ether oxygens (including phenoxy) is 1. The second-order valence-corrected chi connectivity index (χ2v) is 6.50. The van der Waals surface area contributed by atoms with E-state index in [0.29, 0.717) is 13.0 Å². The molecule has 2 rings (SSSR count). The molecule has 1 amide bonds. The Morgan fingerprint density at radius 1 is 1.26 bits per heavy atom. The highest BCUT2D eigenvalue weighted by molar-refractivity contribution is 5.85. The maximum atomic E-state index is 12.4. The minimum Gasteiger partial charge on any atom is -0.497 e. The summed E-state index contributed by atoms with van der Waals surface area (Å²) < 4.78 is 5.16. The van der Waals surface area contributed by atoms with Crippen LogP contribution in [0.4, 0.5) is 0 Å². The van der Waals surface area contributed by atoms with Crippen molar-refractivity contribution in [3.05, 3.63) is 29.8 Å². The van der Waals surface area contributed by atoms with Crippen molar-refractivity contribution in [1.29, 1.82) is 0 Å². The third kappa shape index (κ3) is 5.40. The van der Waals surface area contributed by atoms with Crippen LogP contribution in [0.15, 0.2) is 24.3 Å². The van der Waals surface area contributed by atoms with Crippen LogP contribution in [0.25, 0.3) is 0 Å². The zero-order chi connectivity index (χ0) is 16.0. The van der Waals surface area contributed by atoms with E-state index in [1.54, 1.807) is 7.11 Å². The normalized spacial score (nSPS) is 17.7. The summed E-state index contributed by atoms with van der Waals surface area (Å²) in [4.78, 5) is 12.4. The van der Waals surface area contributed by atoms with Gasteiger partial charge in [-0.1, -0.05) is 31.4 Å². The van der Waals surface area contributed by atoms with Gasteiger partial charge in [0.05, 0.1) is 13.2 Å². The van der Waals surface area contributed by atoms with Crippen LogP contribution in [-0.2, 0) is 4.79 Å². The molecule has 23 heavy (non-hydrogen) atoms. The topological polar surface area (TPSA) is 64.3 Å². The van der Waals surface area contributed by atoms with Crippen LogP contribution in [0.2, 0.25) is 0 Å². The minimum absolute atomic E-state index is 0. The first-order valence-electron chi connectivity index (χ1n) is 8.22. The Morgan fingerprint density at radius 2 is 1.87 bits per heavy atom. The molecule has 1 aliphatic rings. The predicted molar refractivity (Wildman–Crippen MR) is 96.0 cm³/mol. The van der Waals surface area contributed by atoms with Crippen LogP contribution in [-0.4, -0.2) is 19.6 Å². The Kier molecular flexibility index (Phi) is 7.86. The quantitative estimate of drug-likeness (QED) is 0.831. The molecule has 0 radical (unpaired) electrons. The molecule has 1 saturated carbocycles. The predicted octanol–water partition coefficient (Wildman–Crippen LogP) is 3.59. The van der Waals surface area contributed by atoms with Gasteiger partial charge >= 0.3 is 0 Å². The number of carbonyl (C=O) groups excluding carboxylic acids is 1. The fraction of sp³-hybridized carbons (Fsp3) is 0.611. The lowest BCUT2D eigenvalue weighted by atomic mass is 9.71. The summed E-state index contributed by atoms with van der Waals surface area (Å²) in [5.74, 6) is 0.933. The third-order valence-corrected chi connectivity index (χ3v) is 4.88. The molecule has 4 nitrogen and oxygen atoms in total. The second-order valence-electron chi connectivity index (χ2n) is 6.50. The van der Waals surface area contributed by atoms with Crippen molar-refractivity contribution in [3.8, 4) is 5.75 Å². The molecule has 0 spiro atoms. The fourth-order valence-electron chi connectivity index (χ4n) is 3.36. The molecule has 0 heterocycles. The fourth-order valence-corrected chi connectivity index (χ4v) is 3.36. The first-order chi connectivity index (χ1) is 10.6. The van der Waals surface area contributed by atoms with Crippen molar-refractivity contribution >= 4 is 18.3 Å². The van der Waals surface area contributed by atoms with E-state index in [0.717, 1.165) is 24.2 Å². The standard InChI is InChI=1S/C18H28N2O2.ClH/c1-14(15-6-8-16(22-2)9-7-15)20-17(21)12-18(13-19)10-4-3-5-11-18;/h6-9,14H,3-5,10-13,19H2,1-2H3,(H,20,21);1H. The molecule has 1 aromatic carbocycles. The number of nitrogens with one attached hydrogen (secondary N) is 1. The van der Waals surface area contributed by atoms with Crippen molar-refractivity contribution < 1.29 is 9.53 Å². The van der Waals surface area contributed by atoms with Gasteiger partial charge in [-0.05, 0) is 49.4 Å². The molecule has 3 N–H and O–H groups in total. The smallest absolute Gasteiger partial charge is 0.221 e. The van der Waals surface area contributed by atoms with Gasteiger partial charge in [0.2, 0.25) is 5.91 Å². The summed E-state index contributed by atoms with van der Waals surface area (Å²) >= 11 is 0. The highest BCUT2D eigenvalue weighted by Crippen LogP contribution is 2.38. The van der Waals surface area contributed by atoms with E-state index in [1.807, 2.05) is 31.2 Å². The number of rotatable bonds is 6. The lowest BCUT2D eigenvalue weighted by molar-refractivity contribution is -0.124. The zero-order valence-corrected chi connectivity index (χ0v) is 15.0. The van der Waals surface area contributed by atoms with Gasteiger partial charge in [0, 0.05) is 6.42 Å². The van der Waals surface area contributed by atoms with Crippen LogP contribution in [0.1, 0.15) is 57.1 Å². The molecule has 0 bridgehead atoms. The van der Waals surface area contributed by atoms with Gasteiger partial charge in [-0.15, -0.1) is 12.4 Å². The van der Waals surface area contributed by atoms with E-state index in [2.05, 4.69) is 5.32 Å². The van der Waals surface area contributed by atoms with E-state index in [1.165, 1.54) is 19.3 Å². The molecule has 1 aliphatic carbocycles. The number of benzene rings is 1. The number of methoxy groups -OCH3 is 1. The number of nitrogens with two attached hydrogens (primary N) is 1. The molecule has 0 saturated heterocycles. The van der Waals surface area contributed by atoms with Crippen molar-refractivity contribution in [2.24, 2.45) is 11.1 Å². The first kappa shape index (κ1) is 19.8. The highest BCUT2D eigenvalue weighted by Gasteiger charge is 2.33. The maximum absolute atomic E-state index is 12.4. The molecule has 0 aromatic heterocycles. The molecule has 1 atom stereocenters. The molecule has 130 valence electrons. The van der Waals surface area contributed by atoms with Gasteiger partial charge in [-0.2, -0.15) is 0 Å². The zero-order valence-electron chi connectivity index (χ0n) is 14.1. The Bertz CT molecular complexity index is 484. The average molecular weight is 341 g/mol. The lowest BCUT2D eigenvalue weighted by Crippen LogP contribution is -2.39. The minimum atomic E-state index is -0.00294. The number of carbonyl (C=O) groups is 1. The van der Waals surface area contributed by atoms with Crippen molar-refractivity contribution in [3.63, 3.8) is 0 Å². The summed E-state index contributed by atoms with van der Waals surface area (Å²) in [5.41, 5.74) is 7.07. The summed E-state index contributed by atoms with van der Waals surface area (Å²) in [5, 5.41) is 3.10. The molecular weight excluding hydrogens is 312 g/mol. The number of hydrogen-bond acceptors (Lipinski definition) is 3. The maximum Gasteiger partial charge on any atom is 0.221 e. The van der Waals surface area contributed by atoms with E-state index >= 15 is 0 Å². The number of hydrogen-bond donors (Lipinski definition) is 2. The van der Waals surface area contributed by atoms with E-state index < -0.39 is 0 Å². The molecule has 5 heteroatoms. The number of halogens is 1. The Morgan fingerprint density at radius 3 is 2.39 bits per heavy atom. The van der Waals surface area contributed by atoms with E-state index in [4.69, 9.17) is 10.5 Å². The molecular formula is C18H29ClN2O2. The van der Waals surface area contributed by atoms with Gasteiger partial charge < -0.3 is 15.8 Å². The van der Waals surface area contributed by atoms with Crippen molar-refractivity contribution in [1.82, 2.24) is 5.32 Å². The second kappa shape index (κ2) is 9.14. The van der Waals surface area contributed by atoms with Gasteiger partial charge in [0.15, 0.2) is 0 Å². The SMILES string of the molecule is COc1ccc(C(C)NC(=O)CC2(CN)CCCCC2)cc1.Cl. The summed E-state index contributed by atoms with van der Waals surface area (Å²) in [6.45, 7) is 2.62.